The molecule has 2 heteroatoms. The average Bonchev–Trinajstić information content (AvgIpc) is 2.31. The number of aryl methyl sites for hydroxylation is 2. The molecule has 0 unspecified atom stereocenters. The zero-order valence-corrected chi connectivity index (χ0v) is 8.59. The maximum Gasteiger partial charge on any atom is 0.0594 e. The molecule has 12 heavy (non-hydrogen) atoms. The molecule has 0 aliphatic heterocycles. The van der Waals surface area contributed by atoms with Crippen molar-refractivity contribution < 1.29 is 0 Å². The lowest BCUT2D eigenvalue weighted by Crippen LogP contribution is -1.76. The molecule has 2 rings (SSSR count). The van der Waals surface area contributed by atoms with Gasteiger partial charge in [0.15, 0.2) is 0 Å². The first-order chi connectivity index (χ1) is 5.68. The van der Waals surface area contributed by atoms with Crippen LogP contribution in [0, 0.1) is 13.8 Å². The van der Waals surface area contributed by atoms with E-state index < -0.39 is 0 Å². The van der Waals surface area contributed by atoms with Gasteiger partial charge in [0.25, 0.3) is 0 Å². The van der Waals surface area contributed by atoms with Crippen molar-refractivity contribution in [2.45, 2.75) is 13.8 Å². The molecule has 62 valence electrons. The van der Waals surface area contributed by atoms with Gasteiger partial charge in [0.1, 0.15) is 0 Å². The number of rotatable bonds is 0. The fourth-order valence-corrected chi connectivity index (χ4v) is 2.93. The lowest BCUT2D eigenvalue weighted by atomic mass is 10.1. The zero-order valence-electron chi connectivity index (χ0n) is 7.02. The molecule has 0 aliphatic rings. The van der Waals surface area contributed by atoms with E-state index in [1.807, 2.05) is 5.38 Å². The third-order valence-electron chi connectivity index (χ3n) is 1.97. The summed E-state index contributed by atoms with van der Waals surface area (Å²) in [5.41, 5.74) is 2.58. The lowest BCUT2D eigenvalue weighted by molar-refractivity contribution is 1.44. The average molecular weight is 197 g/mol. The molecular formula is C10H9ClS. The van der Waals surface area contributed by atoms with Gasteiger partial charge in [-0.1, -0.05) is 17.7 Å². The molecule has 0 radical (unpaired) electrons. The van der Waals surface area contributed by atoms with E-state index in [0.29, 0.717) is 0 Å². The van der Waals surface area contributed by atoms with Crippen LogP contribution in [0.2, 0.25) is 5.02 Å². The van der Waals surface area contributed by atoms with Crippen molar-refractivity contribution in [3.05, 3.63) is 33.7 Å². The van der Waals surface area contributed by atoms with Gasteiger partial charge in [0, 0.05) is 15.5 Å². The molecule has 0 fully saturated rings. The van der Waals surface area contributed by atoms with E-state index in [0.717, 1.165) is 5.02 Å². The summed E-state index contributed by atoms with van der Waals surface area (Å²) in [6, 6.07) is 4.35. The van der Waals surface area contributed by atoms with Crippen LogP contribution in [0.5, 0.6) is 0 Å². The predicted octanol–water partition coefficient (Wildman–Crippen LogP) is 4.17. The highest BCUT2D eigenvalue weighted by Crippen LogP contribution is 2.33. The van der Waals surface area contributed by atoms with Crippen molar-refractivity contribution in [1.82, 2.24) is 0 Å². The Labute approximate surface area is 80.8 Å². The summed E-state index contributed by atoms with van der Waals surface area (Å²) in [5.74, 6) is 0. The van der Waals surface area contributed by atoms with Crippen molar-refractivity contribution in [3.63, 3.8) is 0 Å². The number of fused-ring (bicyclic) bond motifs is 1. The van der Waals surface area contributed by atoms with Crippen molar-refractivity contribution in [2.24, 2.45) is 0 Å². The van der Waals surface area contributed by atoms with Crippen LogP contribution in [0.3, 0.4) is 0 Å². The molecule has 1 aromatic heterocycles. The summed E-state index contributed by atoms with van der Waals surface area (Å²) in [5, 5.41) is 4.10. The van der Waals surface area contributed by atoms with Crippen molar-refractivity contribution >= 4 is 33.0 Å². The van der Waals surface area contributed by atoms with Gasteiger partial charge in [-0.15, -0.1) is 11.3 Å². The lowest BCUT2D eigenvalue weighted by Gasteiger charge is -1.98. The van der Waals surface area contributed by atoms with E-state index in [1.165, 1.54) is 21.2 Å². The monoisotopic (exact) mass is 196 g/mol. The number of hydrogen-bond acceptors (Lipinski definition) is 1. The third kappa shape index (κ3) is 1.13. The summed E-state index contributed by atoms with van der Waals surface area (Å²) in [7, 11) is 0. The van der Waals surface area contributed by atoms with Gasteiger partial charge < -0.3 is 0 Å². The quantitative estimate of drug-likeness (QED) is 0.593. The van der Waals surface area contributed by atoms with E-state index in [1.54, 1.807) is 11.3 Å². The minimum Gasteiger partial charge on any atom is -0.142 e. The largest absolute Gasteiger partial charge is 0.142 e. The topological polar surface area (TPSA) is 0 Å². The molecule has 1 aromatic carbocycles. The Kier molecular flexibility index (Phi) is 1.85. The molecule has 0 atom stereocenters. The summed E-state index contributed by atoms with van der Waals surface area (Å²) in [6.45, 7) is 4.22. The first-order valence-electron chi connectivity index (χ1n) is 3.82. The standard InChI is InChI=1S/C10H9ClS/c1-6-3-7(2)10-8(11)5-12-9(10)4-6/h3-5H,1-2H3. The van der Waals surface area contributed by atoms with Crippen LogP contribution in [-0.2, 0) is 0 Å². The zero-order chi connectivity index (χ0) is 8.72. The Bertz CT molecular complexity index is 429. The molecule has 0 nitrogen and oxygen atoms in total. The Morgan fingerprint density at radius 3 is 2.75 bits per heavy atom. The van der Waals surface area contributed by atoms with Gasteiger partial charge in [-0.2, -0.15) is 0 Å². The number of halogens is 1. The van der Waals surface area contributed by atoms with E-state index in [4.69, 9.17) is 11.6 Å². The second-order valence-electron chi connectivity index (χ2n) is 3.04. The van der Waals surface area contributed by atoms with Gasteiger partial charge in [0.2, 0.25) is 0 Å². The highest BCUT2D eigenvalue weighted by molar-refractivity contribution is 7.17. The minimum atomic E-state index is 0.882. The molecule has 0 spiro atoms. The fraction of sp³-hybridized carbons (Fsp3) is 0.200. The second kappa shape index (κ2) is 2.75. The van der Waals surface area contributed by atoms with Crippen LogP contribution >= 0.6 is 22.9 Å². The van der Waals surface area contributed by atoms with E-state index in [9.17, 15) is 0 Å². The van der Waals surface area contributed by atoms with Crippen LogP contribution < -0.4 is 0 Å². The molecule has 2 aromatic rings. The molecule has 0 bridgehead atoms. The Balaban J connectivity index is 2.93. The maximum atomic E-state index is 6.04. The molecule has 0 N–H and O–H groups in total. The molecule has 0 saturated heterocycles. The van der Waals surface area contributed by atoms with Crippen LogP contribution in [-0.4, -0.2) is 0 Å². The van der Waals surface area contributed by atoms with Crippen molar-refractivity contribution in [1.29, 1.82) is 0 Å². The highest BCUT2D eigenvalue weighted by Gasteiger charge is 2.04. The number of thiophene rings is 1. The van der Waals surface area contributed by atoms with Crippen LogP contribution in [0.15, 0.2) is 17.5 Å². The molecule has 1 heterocycles. The Hall–Kier alpha value is -0.530. The van der Waals surface area contributed by atoms with Crippen LogP contribution in [0.25, 0.3) is 10.1 Å². The summed E-state index contributed by atoms with van der Waals surface area (Å²) >= 11 is 7.75. The summed E-state index contributed by atoms with van der Waals surface area (Å²) < 4.78 is 1.29. The molecular weight excluding hydrogens is 188 g/mol. The minimum absolute atomic E-state index is 0.882. The normalized spacial score (nSPS) is 10.9. The molecule has 0 aliphatic carbocycles. The predicted molar refractivity (Wildman–Crippen MR) is 56.3 cm³/mol. The van der Waals surface area contributed by atoms with Gasteiger partial charge in [-0.25, -0.2) is 0 Å². The molecule has 0 saturated carbocycles. The maximum absolute atomic E-state index is 6.04. The number of benzene rings is 1. The summed E-state index contributed by atoms with van der Waals surface area (Å²) in [4.78, 5) is 0. The van der Waals surface area contributed by atoms with Crippen LogP contribution in [0.1, 0.15) is 11.1 Å². The third-order valence-corrected chi connectivity index (χ3v) is 3.33. The molecule has 0 amide bonds. The van der Waals surface area contributed by atoms with Crippen molar-refractivity contribution in [2.75, 3.05) is 0 Å². The van der Waals surface area contributed by atoms with Crippen LogP contribution in [0.4, 0.5) is 0 Å². The van der Waals surface area contributed by atoms with E-state index in [2.05, 4.69) is 26.0 Å². The van der Waals surface area contributed by atoms with Crippen molar-refractivity contribution in [3.8, 4) is 0 Å². The van der Waals surface area contributed by atoms with Gasteiger partial charge >= 0.3 is 0 Å². The second-order valence-corrected chi connectivity index (χ2v) is 4.36. The SMILES string of the molecule is Cc1cc(C)c2c(Cl)csc2c1. The van der Waals surface area contributed by atoms with Gasteiger partial charge in [-0.3, -0.25) is 0 Å². The van der Waals surface area contributed by atoms with Gasteiger partial charge in [0.05, 0.1) is 5.02 Å². The summed E-state index contributed by atoms with van der Waals surface area (Å²) in [6.07, 6.45) is 0. The fourth-order valence-electron chi connectivity index (χ4n) is 1.50. The first-order valence-corrected chi connectivity index (χ1v) is 5.08. The van der Waals surface area contributed by atoms with E-state index >= 15 is 0 Å². The van der Waals surface area contributed by atoms with Gasteiger partial charge in [-0.05, 0) is 31.0 Å². The van der Waals surface area contributed by atoms with E-state index in [-0.39, 0.29) is 0 Å². The first kappa shape index (κ1) is 8.09. The Morgan fingerprint density at radius 1 is 1.25 bits per heavy atom. The smallest absolute Gasteiger partial charge is 0.0594 e. The Morgan fingerprint density at radius 2 is 2.00 bits per heavy atom. The highest BCUT2D eigenvalue weighted by atomic mass is 35.5. The number of hydrogen-bond donors (Lipinski definition) is 0.